The van der Waals surface area contributed by atoms with Crippen molar-refractivity contribution in [3.8, 4) is 28.5 Å². The molecule has 2 aromatic carbocycles. The maximum atomic E-state index is 11.8. The number of anilines is 3. The zero-order chi connectivity index (χ0) is 28.2. The molecule has 4 rings (SSSR count). The van der Waals surface area contributed by atoms with E-state index in [0.717, 1.165) is 23.2 Å². The topological polar surface area (TPSA) is 125 Å². The van der Waals surface area contributed by atoms with Crippen molar-refractivity contribution in [2.24, 2.45) is 0 Å². The van der Waals surface area contributed by atoms with Crippen LogP contribution in [-0.4, -0.2) is 51.0 Å². The molecule has 0 aliphatic heterocycles. The lowest BCUT2D eigenvalue weighted by Crippen LogP contribution is -2.06. The molecule has 39 heavy (non-hydrogen) atoms. The van der Waals surface area contributed by atoms with E-state index in [2.05, 4.69) is 27.5 Å². The van der Waals surface area contributed by atoms with Crippen LogP contribution < -0.4 is 24.8 Å². The minimum Gasteiger partial charge on any atom is -0.493 e. The molecule has 2 heterocycles. The van der Waals surface area contributed by atoms with Gasteiger partial charge in [-0.25, -0.2) is 18.4 Å². The van der Waals surface area contributed by atoms with Crippen molar-refractivity contribution in [2.75, 3.05) is 38.2 Å². The predicted molar refractivity (Wildman–Crippen MR) is 154 cm³/mol. The summed E-state index contributed by atoms with van der Waals surface area (Å²) in [5.74, 6) is 2.42. The molecule has 0 bridgehead atoms. The Hall–Kier alpha value is -3.90. The first-order valence-corrected chi connectivity index (χ1v) is 14.8. The molecule has 0 amide bonds. The van der Waals surface area contributed by atoms with Crippen LogP contribution in [-0.2, 0) is 22.8 Å². The molecule has 0 atom stereocenters. The molecule has 10 nitrogen and oxygen atoms in total. The normalized spacial score (nSPS) is 11.2. The number of methoxy groups -OCH3 is 3. The van der Waals surface area contributed by atoms with Crippen molar-refractivity contribution in [1.29, 1.82) is 0 Å². The fraction of sp³-hybridized carbons (Fsp3) is 0.296. The van der Waals surface area contributed by atoms with Gasteiger partial charge >= 0.3 is 0 Å². The summed E-state index contributed by atoms with van der Waals surface area (Å²) in [5, 5.41) is 7.26. The summed E-state index contributed by atoms with van der Waals surface area (Å²) in [4.78, 5) is 15.5. The second kappa shape index (κ2) is 11.9. The third kappa shape index (κ3) is 6.58. The summed E-state index contributed by atoms with van der Waals surface area (Å²) in [5.41, 5.74) is 3.22. The Kier molecular flexibility index (Phi) is 8.56. The maximum Gasteiger partial charge on any atom is 0.231 e. The van der Waals surface area contributed by atoms with Gasteiger partial charge in [0, 0.05) is 29.3 Å². The first kappa shape index (κ1) is 28.1. The van der Waals surface area contributed by atoms with Gasteiger partial charge < -0.3 is 19.5 Å². The molecule has 206 valence electrons. The Labute approximate surface area is 232 Å². The van der Waals surface area contributed by atoms with E-state index in [4.69, 9.17) is 19.2 Å². The molecule has 0 fully saturated rings. The monoisotopic (exact) mass is 569 g/mol. The summed E-state index contributed by atoms with van der Waals surface area (Å²) in [6, 6.07) is 12.2. The number of aryl methyl sites for hydroxylation is 2. The number of hydrogen-bond acceptors (Lipinski definition) is 11. The molecule has 12 heteroatoms. The third-order valence-electron chi connectivity index (χ3n) is 5.94. The molecule has 2 aromatic heterocycles. The predicted octanol–water partition coefficient (Wildman–Crippen LogP) is 5.26. The average molecular weight is 570 g/mol. The van der Waals surface area contributed by atoms with Crippen molar-refractivity contribution >= 4 is 38.1 Å². The van der Waals surface area contributed by atoms with Crippen LogP contribution >= 0.6 is 11.3 Å². The highest BCUT2D eigenvalue weighted by Gasteiger charge is 2.17. The van der Waals surface area contributed by atoms with E-state index < -0.39 is 9.84 Å². The molecule has 4 aromatic rings. The van der Waals surface area contributed by atoms with Gasteiger partial charge in [0.1, 0.15) is 5.82 Å². The average Bonchev–Trinajstić information content (AvgIpc) is 3.29. The lowest BCUT2D eigenvalue weighted by atomic mass is 10.1. The molecule has 0 saturated heterocycles. The first-order valence-electron chi connectivity index (χ1n) is 12.1. The minimum atomic E-state index is -3.26. The van der Waals surface area contributed by atoms with Crippen LogP contribution in [0.5, 0.6) is 17.2 Å². The van der Waals surface area contributed by atoms with Gasteiger partial charge in [-0.1, -0.05) is 19.1 Å². The Morgan fingerprint density at radius 3 is 2.13 bits per heavy atom. The van der Waals surface area contributed by atoms with Crippen molar-refractivity contribution in [3.05, 3.63) is 58.6 Å². The van der Waals surface area contributed by atoms with Crippen LogP contribution in [0.2, 0.25) is 0 Å². The van der Waals surface area contributed by atoms with Crippen molar-refractivity contribution < 1.29 is 22.6 Å². The highest BCUT2D eigenvalue weighted by Crippen LogP contribution is 2.41. The van der Waals surface area contributed by atoms with Gasteiger partial charge in [0.25, 0.3) is 0 Å². The number of rotatable bonds is 11. The van der Waals surface area contributed by atoms with Gasteiger partial charge in [-0.05, 0) is 43.2 Å². The Morgan fingerprint density at radius 1 is 0.923 bits per heavy atom. The van der Waals surface area contributed by atoms with Crippen LogP contribution in [0, 0.1) is 6.92 Å². The Bertz CT molecular complexity index is 1550. The van der Waals surface area contributed by atoms with Crippen molar-refractivity contribution in [2.45, 2.75) is 31.7 Å². The van der Waals surface area contributed by atoms with E-state index in [1.807, 2.05) is 25.1 Å². The molecule has 0 aliphatic rings. The molecule has 2 N–H and O–H groups in total. The largest absolute Gasteiger partial charge is 0.493 e. The number of sulfone groups is 1. The van der Waals surface area contributed by atoms with E-state index in [9.17, 15) is 8.42 Å². The van der Waals surface area contributed by atoms with E-state index in [0.29, 0.717) is 46.4 Å². The van der Waals surface area contributed by atoms with E-state index in [1.54, 1.807) is 56.9 Å². The van der Waals surface area contributed by atoms with Gasteiger partial charge in [0.05, 0.1) is 37.6 Å². The number of nitrogens with zero attached hydrogens (tertiary/aromatic N) is 3. The van der Waals surface area contributed by atoms with Gasteiger partial charge in [0.15, 0.2) is 26.5 Å². The molecule has 0 aliphatic carbocycles. The van der Waals surface area contributed by atoms with Crippen molar-refractivity contribution in [3.63, 3.8) is 0 Å². The van der Waals surface area contributed by atoms with Crippen LogP contribution in [0.1, 0.15) is 23.1 Å². The summed E-state index contributed by atoms with van der Waals surface area (Å²) in [6.45, 7) is 4.50. The molecule has 0 saturated carbocycles. The molecule has 0 radical (unpaired) electrons. The number of ether oxygens (including phenoxy) is 3. The summed E-state index contributed by atoms with van der Waals surface area (Å²) >= 11 is 1.56. The highest BCUT2D eigenvalue weighted by molar-refractivity contribution is 7.90. The third-order valence-corrected chi connectivity index (χ3v) is 8.29. The second-order valence-electron chi connectivity index (χ2n) is 8.65. The van der Waals surface area contributed by atoms with E-state index in [-0.39, 0.29) is 4.90 Å². The summed E-state index contributed by atoms with van der Waals surface area (Å²) in [7, 11) is 1.41. The second-order valence-corrected chi connectivity index (χ2v) is 11.8. The summed E-state index contributed by atoms with van der Waals surface area (Å²) in [6.07, 6.45) is 2.08. The zero-order valence-electron chi connectivity index (χ0n) is 22.7. The SMILES string of the molecule is CCc1sc(Nc2nc(NCc3ccc(S(C)(=O)=O)cc3)cc(-c3cc(OC)c(OC)c(OC)c3)n2)nc1C. The van der Waals surface area contributed by atoms with Crippen LogP contribution in [0.25, 0.3) is 11.3 Å². The molecule has 0 spiro atoms. The van der Waals surface area contributed by atoms with Gasteiger partial charge in [0.2, 0.25) is 11.7 Å². The lowest BCUT2D eigenvalue weighted by Gasteiger charge is -2.15. The zero-order valence-corrected chi connectivity index (χ0v) is 24.3. The number of hydrogen-bond donors (Lipinski definition) is 2. The fourth-order valence-corrected chi connectivity index (χ4v) is 5.45. The highest BCUT2D eigenvalue weighted by atomic mass is 32.2. The van der Waals surface area contributed by atoms with Gasteiger partial charge in [-0.3, -0.25) is 5.32 Å². The molecule has 0 unspecified atom stereocenters. The van der Waals surface area contributed by atoms with Crippen LogP contribution in [0.3, 0.4) is 0 Å². The van der Waals surface area contributed by atoms with E-state index >= 15 is 0 Å². The summed E-state index contributed by atoms with van der Waals surface area (Å²) < 4.78 is 40.1. The number of benzene rings is 2. The first-order chi connectivity index (χ1) is 18.6. The number of nitrogens with one attached hydrogen (secondary N) is 2. The fourth-order valence-electron chi connectivity index (χ4n) is 3.92. The Balaban J connectivity index is 1.71. The van der Waals surface area contributed by atoms with Crippen molar-refractivity contribution in [1.82, 2.24) is 15.0 Å². The molecular weight excluding hydrogens is 538 g/mol. The minimum absolute atomic E-state index is 0.273. The van der Waals surface area contributed by atoms with E-state index in [1.165, 1.54) is 11.1 Å². The number of aromatic nitrogens is 3. The smallest absolute Gasteiger partial charge is 0.231 e. The van der Waals surface area contributed by atoms with Gasteiger partial charge in [-0.2, -0.15) is 4.98 Å². The lowest BCUT2D eigenvalue weighted by molar-refractivity contribution is 0.324. The van der Waals surface area contributed by atoms with Gasteiger partial charge in [-0.15, -0.1) is 11.3 Å². The standard InChI is InChI=1S/C27H31N5O5S2/c1-7-23-16(2)29-27(38-23)32-26-30-20(18-12-21(35-3)25(37-5)22(13-18)36-4)14-24(31-26)28-15-17-8-10-19(11-9-17)39(6,33)34/h8-14H,7,15H2,1-6H3,(H2,28,29,30,31,32). The number of thiazole rings is 1. The quantitative estimate of drug-likeness (QED) is 0.247. The van der Waals surface area contributed by atoms with Crippen LogP contribution in [0.4, 0.5) is 16.9 Å². The molecular formula is C27H31N5O5S2. The Morgan fingerprint density at radius 2 is 1.59 bits per heavy atom. The maximum absolute atomic E-state index is 11.8. The van der Waals surface area contributed by atoms with Crippen LogP contribution in [0.15, 0.2) is 47.4 Å².